The lowest BCUT2D eigenvalue weighted by atomic mass is 9.96. The van der Waals surface area contributed by atoms with Crippen LogP contribution in [0.25, 0.3) is 0 Å². The number of hydrogen-bond acceptors (Lipinski definition) is 3. The molecule has 3 rings (SSSR count). The lowest BCUT2D eigenvalue weighted by Crippen LogP contribution is -2.41. The number of carboxylic acid groups (broad SMARTS) is 1. The Kier molecular flexibility index (Phi) is 3.82. The van der Waals surface area contributed by atoms with Gasteiger partial charge < -0.3 is 14.9 Å². The van der Waals surface area contributed by atoms with E-state index in [1.54, 1.807) is 12.1 Å². The Morgan fingerprint density at radius 1 is 1.10 bits per heavy atom. The molecule has 0 atom stereocenters. The van der Waals surface area contributed by atoms with Crippen molar-refractivity contribution < 1.29 is 14.7 Å². The van der Waals surface area contributed by atoms with Gasteiger partial charge in [-0.15, -0.1) is 0 Å². The zero-order chi connectivity index (χ0) is 14.8. The molecule has 1 fully saturated rings. The minimum atomic E-state index is -0.889. The topological polar surface area (TPSA) is 60.9 Å². The second-order valence-electron chi connectivity index (χ2n) is 5.72. The van der Waals surface area contributed by atoms with Gasteiger partial charge in [0.15, 0.2) is 0 Å². The molecular weight excluding hydrogens is 268 g/mol. The van der Waals surface area contributed by atoms with Gasteiger partial charge in [-0.1, -0.05) is 6.07 Å². The van der Waals surface area contributed by atoms with E-state index in [-0.39, 0.29) is 5.91 Å². The molecule has 2 aliphatic rings. The van der Waals surface area contributed by atoms with Crippen molar-refractivity contribution in [3.8, 4) is 0 Å². The normalized spacial score (nSPS) is 17.7. The van der Waals surface area contributed by atoms with Gasteiger partial charge in [0.2, 0.25) is 5.91 Å². The monoisotopic (exact) mass is 288 g/mol. The van der Waals surface area contributed by atoms with Crippen molar-refractivity contribution in [2.75, 3.05) is 31.1 Å². The number of amides is 1. The minimum absolute atomic E-state index is 0.154. The van der Waals surface area contributed by atoms with Crippen LogP contribution < -0.4 is 4.90 Å². The molecule has 5 nitrogen and oxygen atoms in total. The fourth-order valence-electron chi connectivity index (χ4n) is 3.30. The number of anilines is 1. The number of hydrogen-bond donors (Lipinski definition) is 1. The summed E-state index contributed by atoms with van der Waals surface area (Å²) < 4.78 is 0. The average Bonchev–Trinajstić information content (AvgIpc) is 3.01. The van der Waals surface area contributed by atoms with E-state index in [0.717, 1.165) is 56.6 Å². The molecule has 0 saturated carbocycles. The molecule has 5 heteroatoms. The first-order chi connectivity index (χ1) is 10.2. The van der Waals surface area contributed by atoms with Crippen LogP contribution in [0.15, 0.2) is 18.2 Å². The Balaban J connectivity index is 1.82. The molecule has 0 aromatic heterocycles. The van der Waals surface area contributed by atoms with Crippen molar-refractivity contribution in [3.63, 3.8) is 0 Å². The van der Waals surface area contributed by atoms with Crippen molar-refractivity contribution in [1.29, 1.82) is 0 Å². The molecule has 1 aromatic carbocycles. The number of carboxylic acids is 1. The third-order valence-electron chi connectivity index (χ3n) is 4.36. The molecule has 112 valence electrons. The van der Waals surface area contributed by atoms with Crippen LogP contribution in [-0.2, 0) is 11.2 Å². The predicted molar refractivity (Wildman–Crippen MR) is 79.7 cm³/mol. The van der Waals surface area contributed by atoms with E-state index in [2.05, 4.69) is 0 Å². The summed E-state index contributed by atoms with van der Waals surface area (Å²) in [6.45, 7) is 2.88. The predicted octanol–water partition coefficient (Wildman–Crippen LogP) is 1.76. The average molecular weight is 288 g/mol. The van der Waals surface area contributed by atoms with E-state index in [0.29, 0.717) is 12.1 Å². The Bertz CT molecular complexity index is 565. The number of benzene rings is 1. The minimum Gasteiger partial charge on any atom is -0.478 e. The van der Waals surface area contributed by atoms with Crippen LogP contribution in [0.5, 0.6) is 0 Å². The van der Waals surface area contributed by atoms with Crippen molar-refractivity contribution in [2.24, 2.45) is 0 Å². The highest BCUT2D eigenvalue weighted by Crippen LogP contribution is 2.30. The second kappa shape index (κ2) is 5.76. The molecule has 0 bridgehead atoms. The first kappa shape index (κ1) is 13.9. The van der Waals surface area contributed by atoms with Crippen LogP contribution in [0.3, 0.4) is 0 Å². The highest BCUT2D eigenvalue weighted by atomic mass is 16.4. The molecular formula is C16H20N2O3. The Hall–Kier alpha value is -2.04. The summed E-state index contributed by atoms with van der Waals surface area (Å²) in [4.78, 5) is 27.6. The molecule has 1 aromatic rings. The molecule has 0 aliphatic carbocycles. The number of aromatic carboxylic acids is 1. The van der Waals surface area contributed by atoms with Crippen molar-refractivity contribution in [2.45, 2.75) is 25.7 Å². The molecule has 0 spiro atoms. The summed E-state index contributed by atoms with van der Waals surface area (Å²) in [5.41, 5.74) is 2.14. The summed E-state index contributed by atoms with van der Waals surface area (Å²) in [6.07, 6.45) is 3.84. The van der Waals surface area contributed by atoms with Crippen LogP contribution in [0.4, 0.5) is 5.69 Å². The first-order valence-electron chi connectivity index (χ1n) is 7.55. The maximum absolute atomic E-state index is 12.3. The lowest BCUT2D eigenvalue weighted by Gasteiger charge is -2.32. The maximum Gasteiger partial charge on any atom is 0.336 e. The zero-order valence-electron chi connectivity index (χ0n) is 12.0. The Morgan fingerprint density at radius 3 is 2.57 bits per heavy atom. The Morgan fingerprint density at radius 2 is 1.86 bits per heavy atom. The summed E-state index contributed by atoms with van der Waals surface area (Å²) in [7, 11) is 0. The van der Waals surface area contributed by atoms with Gasteiger partial charge in [0.1, 0.15) is 0 Å². The van der Waals surface area contributed by atoms with Crippen LogP contribution >= 0.6 is 0 Å². The van der Waals surface area contributed by atoms with Gasteiger partial charge in [0.05, 0.1) is 12.1 Å². The summed E-state index contributed by atoms with van der Waals surface area (Å²) in [5, 5.41) is 9.29. The van der Waals surface area contributed by atoms with Crippen LogP contribution in [0.1, 0.15) is 35.2 Å². The quantitative estimate of drug-likeness (QED) is 0.920. The van der Waals surface area contributed by atoms with Gasteiger partial charge in [-0.2, -0.15) is 0 Å². The third-order valence-corrected chi connectivity index (χ3v) is 4.36. The highest BCUT2D eigenvalue weighted by molar-refractivity contribution is 5.92. The van der Waals surface area contributed by atoms with Gasteiger partial charge in [-0.25, -0.2) is 4.79 Å². The summed E-state index contributed by atoms with van der Waals surface area (Å²) >= 11 is 0. The standard InChI is InChI=1S/C16H20N2O3/c19-15(17-8-1-2-9-17)11-18-10-4-6-12-13(16(20)21)5-3-7-14(12)18/h3,5,7H,1-2,4,6,8-11H2,(H,20,21). The van der Waals surface area contributed by atoms with Crippen LogP contribution in [0, 0.1) is 0 Å². The molecule has 1 amide bonds. The van der Waals surface area contributed by atoms with Gasteiger partial charge in [-0.3, -0.25) is 4.79 Å². The number of carbonyl (C=O) groups is 2. The summed E-state index contributed by atoms with van der Waals surface area (Å²) in [5.74, 6) is -0.736. The maximum atomic E-state index is 12.3. The molecule has 21 heavy (non-hydrogen) atoms. The number of nitrogens with zero attached hydrogens (tertiary/aromatic N) is 2. The highest BCUT2D eigenvalue weighted by Gasteiger charge is 2.25. The third kappa shape index (κ3) is 2.73. The molecule has 2 aliphatic heterocycles. The van der Waals surface area contributed by atoms with Crippen molar-refractivity contribution in [1.82, 2.24) is 4.90 Å². The second-order valence-corrected chi connectivity index (χ2v) is 5.72. The van der Waals surface area contributed by atoms with Crippen molar-refractivity contribution in [3.05, 3.63) is 29.3 Å². The van der Waals surface area contributed by atoms with Gasteiger partial charge in [0, 0.05) is 25.3 Å². The first-order valence-corrected chi connectivity index (χ1v) is 7.55. The fourth-order valence-corrected chi connectivity index (χ4v) is 3.30. The molecule has 1 N–H and O–H groups in total. The molecule has 0 unspecified atom stereocenters. The van der Waals surface area contributed by atoms with E-state index in [1.165, 1.54) is 0 Å². The lowest BCUT2D eigenvalue weighted by molar-refractivity contribution is -0.128. The van der Waals surface area contributed by atoms with Gasteiger partial charge in [-0.05, 0) is 43.4 Å². The molecule has 1 saturated heterocycles. The van der Waals surface area contributed by atoms with E-state index >= 15 is 0 Å². The Labute approximate surface area is 124 Å². The van der Waals surface area contributed by atoms with Crippen LogP contribution in [0.2, 0.25) is 0 Å². The van der Waals surface area contributed by atoms with E-state index in [1.807, 2.05) is 15.9 Å². The van der Waals surface area contributed by atoms with Gasteiger partial charge in [0.25, 0.3) is 0 Å². The number of fused-ring (bicyclic) bond motifs is 1. The number of likely N-dealkylation sites (tertiary alicyclic amines) is 1. The fraction of sp³-hybridized carbons (Fsp3) is 0.500. The van der Waals surface area contributed by atoms with Crippen molar-refractivity contribution >= 4 is 17.6 Å². The van der Waals surface area contributed by atoms with E-state index < -0.39 is 5.97 Å². The molecule has 2 heterocycles. The van der Waals surface area contributed by atoms with Gasteiger partial charge >= 0.3 is 5.97 Å². The SMILES string of the molecule is O=C(O)c1cccc2c1CCCN2CC(=O)N1CCCC1. The summed E-state index contributed by atoms with van der Waals surface area (Å²) in [6, 6.07) is 5.34. The number of rotatable bonds is 3. The zero-order valence-corrected chi connectivity index (χ0v) is 12.0. The largest absolute Gasteiger partial charge is 0.478 e. The molecule has 0 radical (unpaired) electrons. The van der Waals surface area contributed by atoms with E-state index in [9.17, 15) is 14.7 Å². The van der Waals surface area contributed by atoms with Crippen LogP contribution in [-0.4, -0.2) is 48.1 Å². The number of carbonyl (C=O) groups excluding carboxylic acids is 1. The smallest absolute Gasteiger partial charge is 0.336 e. The van der Waals surface area contributed by atoms with E-state index in [4.69, 9.17) is 0 Å².